The number of methoxy groups -OCH3 is 1. The summed E-state index contributed by atoms with van der Waals surface area (Å²) in [7, 11) is 2.85. The molecule has 10 nitrogen and oxygen atoms in total. The molecule has 240 valence electrons. The number of aliphatic hydroxyl groups excluding tert-OH is 1. The fourth-order valence-corrected chi connectivity index (χ4v) is 6.57. The number of aromatic nitrogens is 2. The molecular weight excluding hydrogens is 598 g/mol. The van der Waals surface area contributed by atoms with Crippen LogP contribution in [0.2, 0.25) is 0 Å². The highest BCUT2D eigenvalue weighted by atomic mass is 17.2. The molecule has 47 heavy (non-hydrogen) atoms. The Morgan fingerprint density at radius 1 is 0.830 bits per heavy atom. The van der Waals surface area contributed by atoms with Crippen molar-refractivity contribution in [3.8, 4) is 0 Å². The van der Waals surface area contributed by atoms with Crippen LogP contribution >= 0.6 is 0 Å². The van der Waals surface area contributed by atoms with E-state index in [1.54, 1.807) is 30.3 Å². The Morgan fingerprint density at radius 2 is 1.34 bits per heavy atom. The van der Waals surface area contributed by atoms with Gasteiger partial charge in [-0.3, -0.25) is 9.36 Å². The molecule has 1 fully saturated rings. The van der Waals surface area contributed by atoms with Crippen LogP contribution < -0.4 is 11.0 Å². The summed E-state index contributed by atoms with van der Waals surface area (Å²) in [4.78, 5) is 41.7. The lowest BCUT2D eigenvalue weighted by Gasteiger charge is -2.51. The average molecular weight is 634 g/mol. The lowest BCUT2D eigenvalue weighted by Crippen LogP contribution is -2.65. The van der Waals surface area contributed by atoms with Crippen LogP contribution in [-0.4, -0.2) is 52.8 Å². The largest absolute Gasteiger partial charge is 0.390 e. The maximum Gasteiger partial charge on any atom is 0.351 e. The summed E-state index contributed by atoms with van der Waals surface area (Å²) in [5, 5.41) is 14.4. The Morgan fingerprint density at radius 3 is 1.81 bits per heavy atom. The molecular formula is C37H35N3O7. The van der Waals surface area contributed by atoms with Gasteiger partial charge in [0.2, 0.25) is 5.79 Å². The van der Waals surface area contributed by atoms with Crippen LogP contribution in [0.4, 0.5) is 5.82 Å². The summed E-state index contributed by atoms with van der Waals surface area (Å²) in [6, 6.07) is 39.1. The fourth-order valence-electron chi connectivity index (χ4n) is 6.57. The van der Waals surface area contributed by atoms with Gasteiger partial charge in [-0.25, -0.2) is 9.68 Å². The van der Waals surface area contributed by atoms with Gasteiger partial charge < -0.3 is 19.9 Å². The third kappa shape index (κ3) is 5.78. The van der Waals surface area contributed by atoms with Gasteiger partial charge in [-0.1, -0.05) is 109 Å². The third-order valence-electron chi connectivity index (χ3n) is 8.54. The van der Waals surface area contributed by atoms with Crippen LogP contribution in [0.25, 0.3) is 0 Å². The van der Waals surface area contributed by atoms with Crippen molar-refractivity contribution in [2.24, 2.45) is 0 Å². The first kappa shape index (κ1) is 32.0. The molecule has 0 aliphatic carbocycles. The highest BCUT2D eigenvalue weighted by molar-refractivity contribution is 6.03. The van der Waals surface area contributed by atoms with E-state index in [9.17, 15) is 14.7 Å². The van der Waals surface area contributed by atoms with Gasteiger partial charge in [0.15, 0.2) is 0 Å². The molecule has 1 saturated heterocycles. The fraction of sp³-hybridized carbons (Fsp3) is 0.216. The molecule has 4 atom stereocenters. The van der Waals surface area contributed by atoms with E-state index in [1.165, 1.54) is 31.0 Å². The molecule has 2 N–H and O–H groups in total. The Labute approximate surface area is 272 Å². The first-order valence-electron chi connectivity index (χ1n) is 15.2. The lowest BCUT2D eigenvalue weighted by atomic mass is 9.61. The number of nitrogens with one attached hydrogen (secondary N) is 1. The van der Waals surface area contributed by atoms with Crippen molar-refractivity contribution in [3.63, 3.8) is 0 Å². The summed E-state index contributed by atoms with van der Waals surface area (Å²) in [6.07, 6.45) is -1.85. The molecule has 1 amide bonds. The SMILES string of the molecule is COOC(OC)([C@H]1O[C@@H](n2ccc(NC(=O)c3ccccc3)nc2=O)C[C@@H]1O)C(c1ccccc1)(c1ccccc1)c1ccccc1. The number of nitrogens with zero attached hydrogens (tertiary/aromatic N) is 2. The smallest absolute Gasteiger partial charge is 0.351 e. The Balaban J connectivity index is 1.44. The molecule has 0 saturated carbocycles. The maximum atomic E-state index is 13.3. The Kier molecular flexibility index (Phi) is 9.39. The van der Waals surface area contributed by atoms with Crippen molar-refractivity contribution < 1.29 is 29.1 Å². The summed E-state index contributed by atoms with van der Waals surface area (Å²) >= 11 is 0. The number of benzene rings is 4. The van der Waals surface area contributed by atoms with Crippen molar-refractivity contribution >= 4 is 11.7 Å². The molecule has 0 radical (unpaired) electrons. The number of hydrogen-bond acceptors (Lipinski definition) is 8. The molecule has 1 aliphatic heterocycles. The van der Waals surface area contributed by atoms with Gasteiger partial charge in [0.05, 0.1) is 13.2 Å². The molecule has 4 aromatic carbocycles. The van der Waals surface area contributed by atoms with Gasteiger partial charge in [-0.05, 0) is 34.9 Å². The monoisotopic (exact) mass is 633 g/mol. The molecule has 10 heteroatoms. The molecule has 6 rings (SSSR count). The number of ether oxygens (including phenoxy) is 2. The first-order valence-corrected chi connectivity index (χ1v) is 15.2. The Bertz CT molecular complexity index is 1740. The van der Waals surface area contributed by atoms with Crippen LogP contribution in [0.15, 0.2) is 138 Å². The van der Waals surface area contributed by atoms with E-state index in [0.717, 1.165) is 16.7 Å². The number of amides is 1. The summed E-state index contributed by atoms with van der Waals surface area (Å²) in [5.74, 6) is -2.16. The van der Waals surface area contributed by atoms with Crippen LogP contribution in [0.5, 0.6) is 0 Å². The number of anilines is 1. The molecule has 1 aliphatic rings. The standard InChI is InChI=1S/C37H35N3O7/c1-44-37(47-45-2,36(27-17-9-4-10-18-27,28-19-11-5-12-20-28)29-21-13-6-14-22-29)33-30(41)25-32(46-33)40-24-23-31(39-35(40)43)38-34(42)26-15-7-3-8-16-26/h3-24,30,32-33,41H,25H2,1-2H3,(H,38,39,42,43)/t30-,32+,33-,37?/m0/s1. The highest BCUT2D eigenvalue weighted by Crippen LogP contribution is 2.54. The van der Waals surface area contributed by atoms with Gasteiger partial charge in [0.1, 0.15) is 23.6 Å². The number of carbonyl (C=O) groups excluding carboxylic acids is 1. The normalized spacial score (nSPS) is 19.2. The zero-order valence-electron chi connectivity index (χ0n) is 25.9. The molecule has 0 spiro atoms. The lowest BCUT2D eigenvalue weighted by molar-refractivity contribution is -0.452. The second kappa shape index (κ2) is 13.8. The second-order valence-electron chi connectivity index (χ2n) is 11.1. The summed E-state index contributed by atoms with van der Waals surface area (Å²) in [6.45, 7) is 0. The molecule has 1 aromatic heterocycles. The molecule has 0 bridgehead atoms. The van der Waals surface area contributed by atoms with Gasteiger partial charge in [-0.2, -0.15) is 9.87 Å². The number of carbonyl (C=O) groups is 1. The zero-order chi connectivity index (χ0) is 32.9. The van der Waals surface area contributed by atoms with Crippen molar-refractivity contribution in [1.29, 1.82) is 0 Å². The van der Waals surface area contributed by atoms with E-state index in [0.29, 0.717) is 5.56 Å². The van der Waals surface area contributed by atoms with E-state index in [1.807, 2.05) is 91.0 Å². The van der Waals surface area contributed by atoms with Crippen molar-refractivity contribution in [1.82, 2.24) is 9.55 Å². The third-order valence-corrected chi connectivity index (χ3v) is 8.54. The van der Waals surface area contributed by atoms with E-state index in [4.69, 9.17) is 19.2 Å². The van der Waals surface area contributed by atoms with E-state index in [2.05, 4.69) is 10.3 Å². The van der Waals surface area contributed by atoms with Gasteiger partial charge in [-0.15, -0.1) is 0 Å². The minimum absolute atomic E-state index is 0.00854. The quantitative estimate of drug-likeness (QED) is 0.0893. The molecule has 2 heterocycles. The van der Waals surface area contributed by atoms with Gasteiger partial charge in [0, 0.05) is 25.3 Å². The topological polar surface area (TPSA) is 121 Å². The minimum Gasteiger partial charge on any atom is -0.390 e. The predicted octanol–water partition coefficient (Wildman–Crippen LogP) is 5.10. The van der Waals surface area contributed by atoms with E-state index in [-0.39, 0.29) is 12.2 Å². The van der Waals surface area contributed by atoms with Gasteiger partial charge in [0.25, 0.3) is 5.91 Å². The predicted molar refractivity (Wildman–Crippen MR) is 174 cm³/mol. The number of rotatable bonds is 11. The number of aliphatic hydroxyl groups is 1. The Hall–Kier alpha value is -4.97. The van der Waals surface area contributed by atoms with Crippen molar-refractivity contribution in [2.75, 3.05) is 19.5 Å². The molecule has 5 aromatic rings. The van der Waals surface area contributed by atoms with Gasteiger partial charge >= 0.3 is 5.69 Å². The van der Waals surface area contributed by atoms with Crippen molar-refractivity contribution in [3.05, 3.63) is 166 Å². The first-order chi connectivity index (χ1) is 22.9. The average Bonchev–Trinajstić information content (AvgIpc) is 3.51. The second-order valence-corrected chi connectivity index (χ2v) is 11.1. The summed E-state index contributed by atoms with van der Waals surface area (Å²) < 4.78 is 14.2. The van der Waals surface area contributed by atoms with Crippen LogP contribution in [0, 0.1) is 0 Å². The van der Waals surface area contributed by atoms with Crippen molar-refractivity contribution in [2.45, 2.75) is 36.1 Å². The van der Waals surface area contributed by atoms with Crippen LogP contribution in [0.3, 0.4) is 0 Å². The number of hydrogen-bond donors (Lipinski definition) is 2. The van der Waals surface area contributed by atoms with Crippen LogP contribution in [-0.2, 0) is 24.7 Å². The van der Waals surface area contributed by atoms with E-state index >= 15 is 0 Å². The zero-order valence-corrected chi connectivity index (χ0v) is 25.9. The summed E-state index contributed by atoms with van der Waals surface area (Å²) in [5.41, 5.74) is 0.839. The minimum atomic E-state index is -1.85. The molecule has 1 unspecified atom stereocenters. The van der Waals surface area contributed by atoms with Crippen LogP contribution in [0.1, 0.15) is 39.7 Å². The maximum absolute atomic E-state index is 13.3. The highest BCUT2D eigenvalue weighted by Gasteiger charge is 2.66. The van der Waals surface area contributed by atoms with E-state index < -0.39 is 41.2 Å².